The van der Waals surface area contributed by atoms with Gasteiger partial charge in [0.2, 0.25) is 5.91 Å². The second-order valence-electron chi connectivity index (χ2n) is 4.38. The number of hydrogen-bond donors (Lipinski definition) is 1. The molecule has 1 aromatic rings. The lowest BCUT2D eigenvalue weighted by Gasteiger charge is -2.17. The van der Waals surface area contributed by atoms with Crippen LogP contribution in [0.5, 0.6) is 0 Å². The highest BCUT2D eigenvalue weighted by molar-refractivity contribution is 7.87. The number of nitrogens with zero attached hydrogens (tertiary/aromatic N) is 1. The molecule has 0 atom stereocenters. The maximum absolute atomic E-state index is 11.9. The van der Waals surface area contributed by atoms with E-state index in [2.05, 4.69) is 4.72 Å². The highest BCUT2D eigenvalue weighted by Gasteiger charge is 2.20. The van der Waals surface area contributed by atoms with E-state index in [1.165, 1.54) is 7.05 Å². The van der Waals surface area contributed by atoms with Crippen molar-refractivity contribution >= 4 is 16.1 Å². The highest BCUT2D eigenvalue weighted by Crippen LogP contribution is 2.06. The van der Waals surface area contributed by atoms with Crippen LogP contribution < -0.4 is 4.72 Å². The number of benzene rings is 1. The first-order valence-electron chi connectivity index (χ1n) is 6.26. The van der Waals surface area contributed by atoms with Crippen molar-refractivity contribution in [3.05, 3.63) is 35.9 Å². The predicted molar refractivity (Wildman–Crippen MR) is 74.5 cm³/mol. The van der Waals surface area contributed by atoms with Crippen LogP contribution in [0.4, 0.5) is 0 Å². The van der Waals surface area contributed by atoms with Gasteiger partial charge in [-0.1, -0.05) is 43.7 Å². The minimum absolute atomic E-state index is 0.231. The van der Waals surface area contributed by atoms with Gasteiger partial charge in [0, 0.05) is 20.0 Å². The van der Waals surface area contributed by atoms with Crippen LogP contribution in [0.2, 0.25) is 0 Å². The third-order valence-electron chi connectivity index (χ3n) is 2.66. The molecule has 1 rings (SSSR count). The first kappa shape index (κ1) is 15.7. The summed E-state index contributed by atoms with van der Waals surface area (Å²) in [7, 11) is -2.31. The zero-order chi connectivity index (χ0) is 14.3. The molecule has 5 nitrogen and oxygen atoms in total. The van der Waals surface area contributed by atoms with Crippen LogP contribution in [-0.2, 0) is 21.5 Å². The molecule has 0 spiro atoms. The van der Waals surface area contributed by atoms with Gasteiger partial charge in [-0.3, -0.25) is 4.79 Å². The van der Waals surface area contributed by atoms with E-state index < -0.39 is 16.1 Å². The fraction of sp³-hybridized carbons (Fsp3) is 0.462. The fourth-order valence-electron chi connectivity index (χ4n) is 1.54. The molecule has 0 unspecified atom stereocenters. The van der Waals surface area contributed by atoms with Crippen molar-refractivity contribution in [2.45, 2.75) is 32.7 Å². The molecule has 0 fully saturated rings. The number of nitrogens with one attached hydrogen (secondary N) is 1. The topological polar surface area (TPSA) is 66.5 Å². The van der Waals surface area contributed by atoms with Crippen LogP contribution in [0, 0.1) is 0 Å². The summed E-state index contributed by atoms with van der Waals surface area (Å²) >= 11 is 0. The van der Waals surface area contributed by atoms with Crippen molar-refractivity contribution in [1.82, 2.24) is 9.03 Å². The Balaban J connectivity index is 2.59. The molecule has 6 heteroatoms. The molecule has 0 aliphatic heterocycles. The molecule has 106 valence electrons. The monoisotopic (exact) mass is 284 g/mol. The van der Waals surface area contributed by atoms with Gasteiger partial charge in [0.25, 0.3) is 0 Å². The van der Waals surface area contributed by atoms with Crippen molar-refractivity contribution in [2.75, 3.05) is 7.05 Å². The van der Waals surface area contributed by atoms with E-state index in [4.69, 9.17) is 0 Å². The summed E-state index contributed by atoms with van der Waals surface area (Å²) in [4.78, 5) is 11.5. The van der Waals surface area contributed by atoms with E-state index in [-0.39, 0.29) is 13.0 Å². The summed E-state index contributed by atoms with van der Waals surface area (Å²) in [6, 6.07) is 9.23. The second-order valence-corrected chi connectivity index (χ2v) is 6.15. The average Bonchev–Trinajstić information content (AvgIpc) is 2.37. The molecule has 0 heterocycles. The lowest BCUT2D eigenvalue weighted by molar-refractivity contribution is -0.119. The lowest BCUT2D eigenvalue weighted by atomic mass is 10.2. The predicted octanol–water partition coefficient (Wildman–Crippen LogP) is 1.67. The van der Waals surface area contributed by atoms with E-state index >= 15 is 0 Å². The van der Waals surface area contributed by atoms with E-state index in [0.29, 0.717) is 6.42 Å². The van der Waals surface area contributed by atoms with Gasteiger partial charge in [0.05, 0.1) is 0 Å². The maximum atomic E-state index is 11.9. The molecule has 0 aromatic heterocycles. The van der Waals surface area contributed by atoms with Gasteiger partial charge in [-0.15, -0.1) is 0 Å². The summed E-state index contributed by atoms with van der Waals surface area (Å²) < 4.78 is 27.0. The molecule has 19 heavy (non-hydrogen) atoms. The fourth-order valence-corrected chi connectivity index (χ4v) is 2.40. The first-order chi connectivity index (χ1) is 8.95. The Kier molecular flexibility index (Phi) is 5.98. The van der Waals surface area contributed by atoms with Crippen LogP contribution >= 0.6 is 0 Å². The Morgan fingerprint density at radius 1 is 1.26 bits per heavy atom. The van der Waals surface area contributed by atoms with Gasteiger partial charge in [0.15, 0.2) is 0 Å². The van der Waals surface area contributed by atoms with Crippen molar-refractivity contribution in [3.8, 4) is 0 Å². The Labute approximate surface area is 114 Å². The molecule has 1 N–H and O–H groups in total. The van der Waals surface area contributed by atoms with Crippen LogP contribution in [0.25, 0.3) is 0 Å². The van der Waals surface area contributed by atoms with E-state index in [1.54, 1.807) is 0 Å². The normalized spacial score (nSPS) is 11.5. The maximum Gasteiger partial charge on any atom is 0.303 e. The van der Waals surface area contributed by atoms with Crippen molar-refractivity contribution in [1.29, 1.82) is 0 Å². The Bertz CT molecular complexity index is 500. The summed E-state index contributed by atoms with van der Waals surface area (Å²) in [5, 5.41) is 0. The van der Waals surface area contributed by atoms with Gasteiger partial charge in [-0.05, 0) is 12.0 Å². The van der Waals surface area contributed by atoms with Crippen LogP contribution in [0.1, 0.15) is 31.7 Å². The number of carbonyl (C=O) groups is 1. The van der Waals surface area contributed by atoms with Gasteiger partial charge in [-0.25, -0.2) is 4.72 Å². The van der Waals surface area contributed by atoms with E-state index in [9.17, 15) is 13.2 Å². The summed E-state index contributed by atoms with van der Waals surface area (Å²) in [5.41, 5.74) is 0.872. The quantitative estimate of drug-likeness (QED) is 0.828. The van der Waals surface area contributed by atoms with E-state index in [0.717, 1.165) is 16.3 Å². The molecular weight excluding hydrogens is 264 g/mol. The van der Waals surface area contributed by atoms with Crippen molar-refractivity contribution < 1.29 is 13.2 Å². The van der Waals surface area contributed by atoms with Gasteiger partial charge < -0.3 is 0 Å². The van der Waals surface area contributed by atoms with E-state index in [1.807, 2.05) is 37.3 Å². The van der Waals surface area contributed by atoms with Gasteiger partial charge in [-0.2, -0.15) is 12.7 Å². The molecule has 0 saturated heterocycles. The van der Waals surface area contributed by atoms with Crippen LogP contribution in [-0.4, -0.2) is 25.7 Å². The third-order valence-corrected chi connectivity index (χ3v) is 4.09. The zero-order valence-electron chi connectivity index (χ0n) is 11.3. The van der Waals surface area contributed by atoms with Crippen LogP contribution in [0.3, 0.4) is 0 Å². The minimum Gasteiger partial charge on any atom is -0.274 e. The lowest BCUT2D eigenvalue weighted by Crippen LogP contribution is -2.41. The minimum atomic E-state index is -3.75. The Hall–Kier alpha value is -1.40. The standard InChI is InChI=1S/C13H20N2O3S/c1-3-4-10-13(16)14-19(17,18)15(2)11-12-8-6-5-7-9-12/h5-9H,3-4,10-11H2,1-2H3,(H,14,16). The number of unbranched alkanes of at least 4 members (excludes halogenated alkanes) is 1. The average molecular weight is 284 g/mol. The van der Waals surface area contributed by atoms with Crippen LogP contribution in [0.15, 0.2) is 30.3 Å². The SMILES string of the molecule is CCCCC(=O)NS(=O)(=O)N(C)Cc1ccccc1. The van der Waals surface area contributed by atoms with Gasteiger partial charge in [0.1, 0.15) is 0 Å². The number of hydrogen-bond acceptors (Lipinski definition) is 3. The molecule has 0 radical (unpaired) electrons. The van der Waals surface area contributed by atoms with Crippen molar-refractivity contribution in [2.24, 2.45) is 0 Å². The molecule has 1 aromatic carbocycles. The van der Waals surface area contributed by atoms with Crippen molar-refractivity contribution in [3.63, 3.8) is 0 Å². The number of amides is 1. The summed E-state index contributed by atoms with van der Waals surface area (Å²) in [6.07, 6.45) is 1.77. The van der Waals surface area contributed by atoms with Gasteiger partial charge >= 0.3 is 10.2 Å². The number of rotatable bonds is 7. The molecule has 0 saturated carbocycles. The molecule has 0 aliphatic carbocycles. The summed E-state index contributed by atoms with van der Waals surface area (Å²) in [5.74, 6) is -0.457. The third kappa shape index (κ3) is 5.40. The molecular formula is C13H20N2O3S. The molecule has 1 amide bonds. The number of carbonyl (C=O) groups excluding carboxylic acids is 1. The highest BCUT2D eigenvalue weighted by atomic mass is 32.2. The largest absolute Gasteiger partial charge is 0.303 e. The second kappa shape index (κ2) is 7.25. The Morgan fingerprint density at radius 2 is 1.89 bits per heavy atom. The first-order valence-corrected chi connectivity index (χ1v) is 7.70. The zero-order valence-corrected chi connectivity index (χ0v) is 12.1. The Morgan fingerprint density at radius 3 is 2.47 bits per heavy atom. The molecule has 0 aliphatic rings. The molecule has 0 bridgehead atoms. The summed E-state index contributed by atoms with van der Waals surface area (Å²) in [6.45, 7) is 2.18. The smallest absolute Gasteiger partial charge is 0.274 e.